The zero-order valence-electron chi connectivity index (χ0n) is 12.1. The first-order chi connectivity index (χ1) is 10.2. The smallest absolute Gasteiger partial charge is 0.228 e. The Hall–Kier alpha value is -1.46. The largest absolute Gasteiger partial charge is 0.324 e. The summed E-state index contributed by atoms with van der Waals surface area (Å²) in [5.41, 5.74) is 0.745. The van der Waals surface area contributed by atoms with Gasteiger partial charge < -0.3 is 5.32 Å². The van der Waals surface area contributed by atoms with Crippen LogP contribution in [0.25, 0.3) is 0 Å². The highest BCUT2D eigenvalue weighted by Crippen LogP contribution is 2.21. The maximum atomic E-state index is 12.1. The predicted molar refractivity (Wildman–Crippen MR) is 91.0 cm³/mol. The molecule has 2 aromatic rings. The van der Waals surface area contributed by atoms with Gasteiger partial charge in [0.25, 0.3) is 0 Å². The van der Waals surface area contributed by atoms with Crippen LogP contribution in [0.3, 0.4) is 0 Å². The predicted octanol–water partition coefficient (Wildman–Crippen LogP) is 4.17. The van der Waals surface area contributed by atoms with Gasteiger partial charge in [-0.2, -0.15) is 0 Å². The fraction of sp³-hybridized carbons (Fsp3) is 0.250. The lowest BCUT2D eigenvalue weighted by molar-refractivity contribution is -0.118. The van der Waals surface area contributed by atoms with Crippen LogP contribution >= 0.6 is 23.5 Å². The fourth-order valence-electron chi connectivity index (χ4n) is 1.65. The Morgan fingerprint density at radius 2 is 2.00 bits per heavy atom. The lowest BCUT2D eigenvalue weighted by atomic mass is 10.2. The van der Waals surface area contributed by atoms with Gasteiger partial charge in [0.1, 0.15) is 0 Å². The number of benzene rings is 1. The number of pyridine rings is 1. The molecule has 1 atom stereocenters. The molecule has 1 aromatic heterocycles. The van der Waals surface area contributed by atoms with E-state index >= 15 is 0 Å². The molecule has 0 saturated heterocycles. The van der Waals surface area contributed by atoms with Crippen molar-refractivity contribution >= 4 is 35.1 Å². The summed E-state index contributed by atoms with van der Waals surface area (Å²) in [6.07, 6.45) is 3.67. The number of nitrogens with one attached hydrogen (secondary N) is 1. The summed E-state index contributed by atoms with van der Waals surface area (Å²) in [4.78, 5) is 17.6. The van der Waals surface area contributed by atoms with Crippen LogP contribution in [-0.4, -0.2) is 22.9 Å². The Bertz CT molecular complexity index is 573. The summed E-state index contributed by atoms with van der Waals surface area (Å²) in [5, 5.41) is 3.85. The zero-order chi connectivity index (χ0) is 15.1. The third-order valence-corrected chi connectivity index (χ3v) is 4.84. The number of nitrogens with zero attached hydrogens (tertiary/aromatic N) is 1. The van der Waals surface area contributed by atoms with Crippen molar-refractivity contribution in [3.05, 3.63) is 48.7 Å². The number of amides is 1. The molecule has 2 rings (SSSR count). The standard InChI is InChI=1S/C16H18N2OS2/c1-12(11-21-14-6-4-3-5-7-14)16(19)18-13-8-9-15(20-2)17-10-13/h3-10,12H,11H2,1-2H3,(H,18,19). The second-order valence-corrected chi connectivity index (χ2v) is 6.52. The molecule has 0 radical (unpaired) electrons. The number of rotatable bonds is 6. The molecule has 1 N–H and O–H groups in total. The van der Waals surface area contributed by atoms with Crippen LogP contribution in [0.2, 0.25) is 0 Å². The maximum Gasteiger partial charge on any atom is 0.228 e. The van der Waals surface area contributed by atoms with Gasteiger partial charge in [-0.15, -0.1) is 23.5 Å². The van der Waals surface area contributed by atoms with Crippen molar-refractivity contribution in [1.29, 1.82) is 0 Å². The number of carbonyl (C=O) groups excluding carboxylic acids is 1. The molecular formula is C16H18N2OS2. The highest BCUT2D eigenvalue weighted by atomic mass is 32.2. The first-order valence-corrected chi connectivity index (χ1v) is 8.89. The minimum Gasteiger partial charge on any atom is -0.324 e. The Kier molecular flexibility index (Phi) is 6.14. The average Bonchev–Trinajstić information content (AvgIpc) is 2.54. The highest BCUT2D eigenvalue weighted by Gasteiger charge is 2.13. The molecule has 21 heavy (non-hydrogen) atoms. The summed E-state index contributed by atoms with van der Waals surface area (Å²) in [6.45, 7) is 1.94. The zero-order valence-corrected chi connectivity index (χ0v) is 13.7. The van der Waals surface area contributed by atoms with Gasteiger partial charge in [0, 0.05) is 16.6 Å². The van der Waals surface area contributed by atoms with E-state index in [1.165, 1.54) is 4.90 Å². The number of hydrogen-bond donors (Lipinski definition) is 1. The van der Waals surface area contributed by atoms with E-state index in [1.54, 1.807) is 29.7 Å². The van der Waals surface area contributed by atoms with E-state index in [0.29, 0.717) is 0 Å². The summed E-state index contributed by atoms with van der Waals surface area (Å²) in [5.74, 6) is 0.721. The summed E-state index contributed by atoms with van der Waals surface area (Å²) < 4.78 is 0. The maximum absolute atomic E-state index is 12.1. The van der Waals surface area contributed by atoms with E-state index in [9.17, 15) is 4.79 Å². The van der Waals surface area contributed by atoms with Crippen LogP contribution in [0.4, 0.5) is 5.69 Å². The number of aromatic nitrogens is 1. The molecule has 1 amide bonds. The molecular weight excluding hydrogens is 300 g/mol. The average molecular weight is 318 g/mol. The van der Waals surface area contributed by atoms with Crippen molar-refractivity contribution in [2.45, 2.75) is 16.8 Å². The van der Waals surface area contributed by atoms with E-state index in [1.807, 2.05) is 43.5 Å². The Morgan fingerprint density at radius 3 is 2.62 bits per heavy atom. The molecule has 0 aliphatic heterocycles. The van der Waals surface area contributed by atoms with Gasteiger partial charge >= 0.3 is 0 Å². The number of carbonyl (C=O) groups is 1. The van der Waals surface area contributed by atoms with E-state index < -0.39 is 0 Å². The molecule has 0 spiro atoms. The highest BCUT2D eigenvalue weighted by molar-refractivity contribution is 7.99. The second kappa shape index (κ2) is 8.10. The monoisotopic (exact) mass is 318 g/mol. The minimum atomic E-state index is -0.0598. The van der Waals surface area contributed by atoms with E-state index in [2.05, 4.69) is 22.4 Å². The molecule has 110 valence electrons. The lowest BCUT2D eigenvalue weighted by Crippen LogP contribution is -2.22. The third-order valence-electron chi connectivity index (χ3n) is 2.90. The quantitative estimate of drug-likeness (QED) is 0.812. The number of anilines is 1. The second-order valence-electron chi connectivity index (χ2n) is 4.60. The van der Waals surface area contributed by atoms with Crippen molar-refractivity contribution < 1.29 is 4.79 Å². The normalized spacial score (nSPS) is 11.9. The van der Waals surface area contributed by atoms with Gasteiger partial charge in [-0.25, -0.2) is 4.98 Å². The summed E-state index contributed by atoms with van der Waals surface area (Å²) in [6, 6.07) is 13.9. The van der Waals surface area contributed by atoms with Gasteiger partial charge in [-0.1, -0.05) is 25.1 Å². The Labute approximate surface area is 133 Å². The fourth-order valence-corrected chi connectivity index (χ4v) is 2.96. The molecule has 3 nitrogen and oxygen atoms in total. The number of thioether (sulfide) groups is 2. The topological polar surface area (TPSA) is 42.0 Å². The van der Waals surface area contributed by atoms with Crippen molar-refractivity contribution in [2.24, 2.45) is 5.92 Å². The Morgan fingerprint density at radius 1 is 1.24 bits per heavy atom. The van der Waals surface area contributed by atoms with E-state index in [-0.39, 0.29) is 11.8 Å². The molecule has 0 aliphatic rings. The van der Waals surface area contributed by atoms with Crippen LogP contribution in [0.5, 0.6) is 0 Å². The molecule has 0 saturated carbocycles. The summed E-state index contributed by atoms with van der Waals surface area (Å²) >= 11 is 3.27. The molecule has 1 heterocycles. The lowest BCUT2D eigenvalue weighted by Gasteiger charge is -2.12. The van der Waals surface area contributed by atoms with Gasteiger partial charge in [0.15, 0.2) is 0 Å². The van der Waals surface area contributed by atoms with Crippen molar-refractivity contribution in [2.75, 3.05) is 17.3 Å². The summed E-state index contributed by atoms with van der Waals surface area (Å²) in [7, 11) is 0. The van der Waals surface area contributed by atoms with Gasteiger partial charge in [-0.05, 0) is 30.5 Å². The first kappa shape index (κ1) is 15.9. The van der Waals surface area contributed by atoms with Crippen molar-refractivity contribution in [3.63, 3.8) is 0 Å². The van der Waals surface area contributed by atoms with Crippen LogP contribution in [0.15, 0.2) is 58.6 Å². The van der Waals surface area contributed by atoms with E-state index in [4.69, 9.17) is 0 Å². The molecule has 0 aliphatic carbocycles. The molecule has 0 bridgehead atoms. The molecule has 0 fully saturated rings. The molecule has 1 aromatic carbocycles. The minimum absolute atomic E-state index is 0.0251. The Balaban J connectivity index is 1.84. The molecule has 1 unspecified atom stereocenters. The van der Waals surface area contributed by atoms with E-state index in [0.717, 1.165) is 16.5 Å². The first-order valence-electron chi connectivity index (χ1n) is 6.68. The van der Waals surface area contributed by atoms with Crippen molar-refractivity contribution in [1.82, 2.24) is 4.98 Å². The third kappa shape index (κ3) is 5.10. The van der Waals surface area contributed by atoms with Crippen LogP contribution in [0, 0.1) is 5.92 Å². The van der Waals surface area contributed by atoms with Crippen molar-refractivity contribution in [3.8, 4) is 0 Å². The molecule has 5 heteroatoms. The van der Waals surface area contributed by atoms with Gasteiger partial charge in [-0.3, -0.25) is 4.79 Å². The SMILES string of the molecule is CSc1ccc(NC(=O)C(C)CSc2ccccc2)cn1. The van der Waals surface area contributed by atoms with Crippen LogP contribution in [0.1, 0.15) is 6.92 Å². The van der Waals surface area contributed by atoms with Gasteiger partial charge in [0.2, 0.25) is 5.91 Å². The number of hydrogen-bond acceptors (Lipinski definition) is 4. The van der Waals surface area contributed by atoms with Crippen LogP contribution in [-0.2, 0) is 4.79 Å². The van der Waals surface area contributed by atoms with Crippen LogP contribution < -0.4 is 5.32 Å². The van der Waals surface area contributed by atoms with Gasteiger partial charge in [0.05, 0.1) is 16.9 Å².